The molecule has 1 aromatic heterocycles. The Morgan fingerprint density at radius 2 is 2.36 bits per heavy atom. The average molecular weight is 244 g/mol. The molecule has 1 aromatic rings. The molecule has 2 rings (SSSR count). The SMILES string of the molecule is CN1CCCC1c1cccnc1.[O]=[Zn]. The molecule has 0 aromatic carbocycles. The molecule has 1 atom stereocenters. The van der Waals surface area contributed by atoms with Gasteiger partial charge in [0.2, 0.25) is 0 Å². The molecule has 4 heteroatoms. The molecule has 1 fully saturated rings. The summed E-state index contributed by atoms with van der Waals surface area (Å²) >= 11 is 0.125. The van der Waals surface area contributed by atoms with Crippen LogP contribution in [0.1, 0.15) is 24.4 Å². The van der Waals surface area contributed by atoms with Crippen LogP contribution in [0.15, 0.2) is 24.5 Å². The van der Waals surface area contributed by atoms with Gasteiger partial charge in [-0.15, -0.1) is 0 Å². The van der Waals surface area contributed by atoms with Crippen LogP contribution in [-0.4, -0.2) is 23.5 Å². The second-order valence-corrected chi connectivity index (χ2v) is 3.42. The predicted molar refractivity (Wildman–Crippen MR) is 49.5 cm³/mol. The summed E-state index contributed by atoms with van der Waals surface area (Å²) < 4.78 is 8.38. The Morgan fingerprint density at radius 1 is 1.57 bits per heavy atom. The van der Waals surface area contributed by atoms with Crippen LogP contribution in [0.2, 0.25) is 0 Å². The van der Waals surface area contributed by atoms with E-state index in [0.29, 0.717) is 6.04 Å². The Kier molecular flexibility index (Phi) is 5.06. The van der Waals surface area contributed by atoms with Crippen molar-refractivity contribution in [3.05, 3.63) is 30.1 Å². The molecular formula is C10H14N2OZn. The summed E-state index contributed by atoms with van der Waals surface area (Å²) in [6.45, 7) is 1.22. The molecule has 0 radical (unpaired) electrons. The number of pyridine rings is 1. The van der Waals surface area contributed by atoms with Crippen LogP contribution >= 0.6 is 0 Å². The summed E-state index contributed by atoms with van der Waals surface area (Å²) in [5.74, 6) is 0. The quantitative estimate of drug-likeness (QED) is 0.705. The normalized spacial score (nSPS) is 21.5. The first-order chi connectivity index (χ1) is 6.88. The van der Waals surface area contributed by atoms with Crippen LogP contribution < -0.4 is 0 Å². The van der Waals surface area contributed by atoms with Crippen molar-refractivity contribution in [2.75, 3.05) is 13.6 Å². The minimum atomic E-state index is 0.125. The van der Waals surface area contributed by atoms with Gasteiger partial charge in [0, 0.05) is 18.4 Å². The molecule has 1 aliphatic rings. The number of aromatic nitrogens is 1. The second-order valence-electron chi connectivity index (χ2n) is 3.42. The summed E-state index contributed by atoms with van der Waals surface area (Å²) in [6, 6.07) is 4.79. The van der Waals surface area contributed by atoms with Gasteiger partial charge in [-0.05, 0) is 38.1 Å². The molecule has 1 aliphatic heterocycles. The maximum absolute atomic E-state index is 8.38. The fourth-order valence-corrected chi connectivity index (χ4v) is 1.90. The fraction of sp³-hybridized carbons (Fsp3) is 0.500. The van der Waals surface area contributed by atoms with Crippen LogP contribution in [0.4, 0.5) is 0 Å². The van der Waals surface area contributed by atoms with Gasteiger partial charge in [-0.2, -0.15) is 0 Å². The summed E-state index contributed by atoms with van der Waals surface area (Å²) in [4.78, 5) is 6.54. The topological polar surface area (TPSA) is 33.2 Å². The molecule has 0 saturated carbocycles. The summed E-state index contributed by atoms with van der Waals surface area (Å²) in [5.41, 5.74) is 1.36. The van der Waals surface area contributed by atoms with E-state index in [-0.39, 0.29) is 18.3 Å². The van der Waals surface area contributed by atoms with E-state index in [0.717, 1.165) is 0 Å². The van der Waals surface area contributed by atoms with Crippen molar-refractivity contribution in [1.82, 2.24) is 9.88 Å². The summed E-state index contributed by atoms with van der Waals surface area (Å²) in [6.07, 6.45) is 6.41. The molecule has 2 heterocycles. The summed E-state index contributed by atoms with van der Waals surface area (Å²) in [7, 11) is 2.19. The first-order valence-electron chi connectivity index (χ1n) is 4.77. The van der Waals surface area contributed by atoms with E-state index in [4.69, 9.17) is 3.57 Å². The molecule has 0 aliphatic carbocycles. The molecule has 72 valence electrons. The Balaban J connectivity index is 0.000000461. The third-order valence-electron chi connectivity index (χ3n) is 2.59. The summed E-state index contributed by atoms with van der Waals surface area (Å²) in [5, 5.41) is 0. The Morgan fingerprint density at radius 3 is 2.86 bits per heavy atom. The van der Waals surface area contributed by atoms with E-state index >= 15 is 0 Å². The van der Waals surface area contributed by atoms with Gasteiger partial charge in [0.25, 0.3) is 0 Å². The van der Waals surface area contributed by atoms with Crippen molar-refractivity contribution in [2.45, 2.75) is 18.9 Å². The standard InChI is InChI=1S/C10H14N2.O.Zn/c1-12-7-3-5-10(12)9-4-2-6-11-8-9;;/h2,4,6,8,10H,3,5,7H2,1H3;;. The van der Waals surface area contributed by atoms with E-state index in [1.54, 1.807) is 0 Å². The van der Waals surface area contributed by atoms with E-state index < -0.39 is 0 Å². The van der Waals surface area contributed by atoms with Crippen LogP contribution in [-0.2, 0) is 21.8 Å². The van der Waals surface area contributed by atoms with Crippen LogP contribution in [0.5, 0.6) is 0 Å². The molecular weight excluding hydrogens is 230 g/mol. The van der Waals surface area contributed by atoms with Crippen molar-refractivity contribution >= 4 is 0 Å². The Labute approximate surface area is 94.5 Å². The van der Waals surface area contributed by atoms with Crippen molar-refractivity contribution in [2.24, 2.45) is 0 Å². The fourth-order valence-electron chi connectivity index (χ4n) is 1.90. The van der Waals surface area contributed by atoms with Gasteiger partial charge < -0.3 is 0 Å². The van der Waals surface area contributed by atoms with Crippen molar-refractivity contribution in [3.8, 4) is 0 Å². The third-order valence-corrected chi connectivity index (χ3v) is 2.59. The van der Waals surface area contributed by atoms with E-state index in [9.17, 15) is 0 Å². The van der Waals surface area contributed by atoms with Gasteiger partial charge >= 0.3 is 21.8 Å². The number of rotatable bonds is 1. The predicted octanol–water partition coefficient (Wildman–Crippen LogP) is 1.73. The first kappa shape index (κ1) is 11.6. The molecule has 0 bridgehead atoms. The molecule has 14 heavy (non-hydrogen) atoms. The number of likely N-dealkylation sites (tertiary alicyclic amines) is 1. The first-order valence-corrected chi connectivity index (χ1v) is 5.98. The zero-order chi connectivity index (χ0) is 10.4. The molecule has 0 amide bonds. The van der Waals surface area contributed by atoms with Crippen LogP contribution in [0.3, 0.4) is 0 Å². The number of hydrogen-bond acceptors (Lipinski definition) is 3. The van der Waals surface area contributed by atoms with Crippen molar-refractivity contribution < 1.29 is 21.8 Å². The zero-order valence-electron chi connectivity index (χ0n) is 8.52. The van der Waals surface area contributed by atoms with E-state index in [1.807, 2.05) is 18.5 Å². The van der Waals surface area contributed by atoms with Gasteiger partial charge in [-0.25, -0.2) is 0 Å². The average Bonchev–Trinajstić information content (AvgIpc) is 2.69. The van der Waals surface area contributed by atoms with Gasteiger partial charge in [0.1, 0.15) is 0 Å². The van der Waals surface area contributed by atoms with Gasteiger partial charge in [-0.1, -0.05) is 6.07 Å². The number of nitrogens with zero attached hydrogens (tertiary/aromatic N) is 2. The third kappa shape index (κ3) is 2.76. The van der Waals surface area contributed by atoms with E-state index in [2.05, 4.69) is 23.0 Å². The Hall–Kier alpha value is -0.467. The van der Waals surface area contributed by atoms with Gasteiger partial charge in [-0.3, -0.25) is 9.88 Å². The van der Waals surface area contributed by atoms with Crippen molar-refractivity contribution in [1.29, 1.82) is 0 Å². The van der Waals surface area contributed by atoms with Gasteiger partial charge in [0.05, 0.1) is 0 Å². The van der Waals surface area contributed by atoms with Crippen molar-refractivity contribution in [3.63, 3.8) is 0 Å². The molecule has 1 unspecified atom stereocenters. The second kappa shape index (κ2) is 6.10. The van der Waals surface area contributed by atoms with Gasteiger partial charge in [0.15, 0.2) is 0 Å². The van der Waals surface area contributed by atoms with Crippen LogP contribution in [0, 0.1) is 0 Å². The Bertz CT molecular complexity index is 268. The zero-order valence-corrected chi connectivity index (χ0v) is 11.5. The van der Waals surface area contributed by atoms with Crippen LogP contribution in [0.25, 0.3) is 0 Å². The monoisotopic (exact) mass is 242 g/mol. The maximum atomic E-state index is 8.38. The molecule has 3 nitrogen and oxygen atoms in total. The number of hydrogen-bond donors (Lipinski definition) is 0. The van der Waals surface area contributed by atoms with E-state index in [1.165, 1.54) is 24.9 Å². The molecule has 0 N–H and O–H groups in total. The molecule has 1 saturated heterocycles. The minimum absolute atomic E-state index is 0.125. The molecule has 0 spiro atoms.